The summed E-state index contributed by atoms with van der Waals surface area (Å²) in [7, 11) is 0. The summed E-state index contributed by atoms with van der Waals surface area (Å²) < 4.78 is 42.2. The van der Waals surface area contributed by atoms with Crippen LogP contribution in [0.3, 0.4) is 0 Å². The molecule has 0 aliphatic rings. The van der Waals surface area contributed by atoms with Gasteiger partial charge in [0.15, 0.2) is 17.3 Å². The van der Waals surface area contributed by atoms with Gasteiger partial charge in [-0.05, 0) is 22.6 Å². The molecule has 0 spiro atoms. The minimum atomic E-state index is -4.75. The van der Waals surface area contributed by atoms with Crippen LogP contribution < -0.4 is 0 Å². The maximum absolute atomic E-state index is 13.7. The summed E-state index contributed by atoms with van der Waals surface area (Å²) in [5.74, 6) is -0.322. The Morgan fingerprint density at radius 2 is 1.74 bits per heavy atom. The highest BCUT2D eigenvalue weighted by Gasteiger charge is 2.38. The Morgan fingerprint density at radius 3 is 2.44 bits per heavy atom. The summed E-state index contributed by atoms with van der Waals surface area (Å²) in [6, 6.07) is 8.55. The zero-order valence-electron chi connectivity index (χ0n) is 13.4. The molecule has 0 aliphatic heterocycles. The van der Waals surface area contributed by atoms with Crippen molar-refractivity contribution in [1.82, 2.24) is 40.1 Å². The first-order valence-electron chi connectivity index (χ1n) is 7.59. The number of hydrogen-bond donors (Lipinski definition) is 0. The van der Waals surface area contributed by atoms with E-state index in [9.17, 15) is 13.2 Å². The molecule has 0 unspecified atom stereocenters. The van der Waals surface area contributed by atoms with Crippen LogP contribution in [-0.4, -0.2) is 40.1 Å². The van der Waals surface area contributed by atoms with Crippen LogP contribution in [0.25, 0.3) is 28.6 Å². The maximum Gasteiger partial charge on any atom is 0.434 e. The predicted molar refractivity (Wildman–Crippen MR) is 86.2 cm³/mol. The summed E-state index contributed by atoms with van der Waals surface area (Å²) in [6.45, 7) is 0. The summed E-state index contributed by atoms with van der Waals surface area (Å²) in [5.41, 5.74) is -0.880. The first-order chi connectivity index (χ1) is 13.0. The molecule has 0 saturated heterocycles. The van der Waals surface area contributed by atoms with E-state index in [4.69, 9.17) is 0 Å². The zero-order chi connectivity index (χ0) is 18.9. The smallest absolute Gasteiger partial charge is 0.261 e. The number of para-hydroxylation sites is 1. The van der Waals surface area contributed by atoms with Crippen LogP contribution in [0.15, 0.2) is 55.1 Å². The molecule has 0 saturated carbocycles. The minimum absolute atomic E-state index is 0.122. The Morgan fingerprint density at radius 1 is 0.926 bits per heavy atom. The molecule has 4 rings (SSSR count). The fourth-order valence-corrected chi connectivity index (χ4v) is 2.40. The zero-order valence-corrected chi connectivity index (χ0v) is 13.4. The van der Waals surface area contributed by atoms with E-state index in [-0.39, 0.29) is 22.9 Å². The summed E-state index contributed by atoms with van der Waals surface area (Å²) in [6.07, 6.45) is 0.309. The fourth-order valence-electron chi connectivity index (χ4n) is 2.40. The van der Waals surface area contributed by atoms with E-state index in [1.54, 1.807) is 30.3 Å². The van der Waals surface area contributed by atoms with Gasteiger partial charge in [0.1, 0.15) is 5.69 Å². The van der Waals surface area contributed by atoms with Crippen molar-refractivity contribution >= 4 is 0 Å². The highest BCUT2D eigenvalue weighted by atomic mass is 19.4. The lowest BCUT2D eigenvalue weighted by Gasteiger charge is -2.12. The molecule has 0 bridgehead atoms. The number of nitrogens with zero attached hydrogens (tertiary/aromatic N) is 8. The second-order valence-corrected chi connectivity index (χ2v) is 5.29. The van der Waals surface area contributed by atoms with Gasteiger partial charge < -0.3 is 0 Å². The third-order valence-electron chi connectivity index (χ3n) is 3.56. The van der Waals surface area contributed by atoms with Gasteiger partial charge in [-0.25, -0.2) is 15.0 Å². The predicted octanol–water partition coefficient (Wildman–Crippen LogP) is 2.60. The van der Waals surface area contributed by atoms with Gasteiger partial charge in [-0.1, -0.05) is 18.2 Å². The highest BCUT2D eigenvalue weighted by Crippen LogP contribution is 2.35. The molecular formula is C16H9F3N8. The van der Waals surface area contributed by atoms with Gasteiger partial charge in [0.25, 0.3) is 0 Å². The van der Waals surface area contributed by atoms with Crippen LogP contribution in [0.2, 0.25) is 0 Å². The van der Waals surface area contributed by atoms with E-state index in [0.717, 1.165) is 6.20 Å². The molecule has 0 radical (unpaired) electrons. The summed E-state index contributed by atoms with van der Waals surface area (Å²) in [5, 5.41) is 11.0. The van der Waals surface area contributed by atoms with E-state index in [0.29, 0.717) is 5.69 Å². The number of halogens is 3. The van der Waals surface area contributed by atoms with Crippen molar-refractivity contribution < 1.29 is 13.2 Å². The third kappa shape index (κ3) is 3.21. The molecule has 1 aromatic carbocycles. The number of hydrogen-bond acceptors (Lipinski definition) is 7. The Balaban J connectivity index is 1.89. The first kappa shape index (κ1) is 16.7. The van der Waals surface area contributed by atoms with Crippen LogP contribution in [0.5, 0.6) is 0 Å². The van der Waals surface area contributed by atoms with E-state index in [1.807, 2.05) is 0 Å². The molecule has 0 amide bonds. The summed E-state index contributed by atoms with van der Waals surface area (Å²) >= 11 is 0. The number of rotatable bonds is 3. The molecule has 3 heterocycles. The lowest BCUT2D eigenvalue weighted by Crippen LogP contribution is -2.14. The van der Waals surface area contributed by atoms with E-state index < -0.39 is 11.9 Å². The second kappa shape index (κ2) is 6.52. The number of aromatic nitrogens is 8. The SMILES string of the molecule is FC(F)(F)c1nc(-c2cnccn2)ncc1-c1nnnn1-c1ccccc1. The monoisotopic (exact) mass is 370 g/mol. The average Bonchev–Trinajstić information content (AvgIpc) is 3.18. The first-order valence-corrected chi connectivity index (χ1v) is 7.59. The molecule has 4 aromatic rings. The second-order valence-electron chi connectivity index (χ2n) is 5.29. The van der Waals surface area contributed by atoms with Crippen LogP contribution >= 0.6 is 0 Å². The molecule has 0 N–H and O–H groups in total. The van der Waals surface area contributed by atoms with Crippen molar-refractivity contribution in [1.29, 1.82) is 0 Å². The minimum Gasteiger partial charge on any atom is -0.261 e. The maximum atomic E-state index is 13.7. The van der Waals surface area contributed by atoms with Crippen molar-refractivity contribution in [2.45, 2.75) is 6.18 Å². The Kier molecular flexibility index (Phi) is 4.03. The van der Waals surface area contributed by atoms with E-state index in [1.165, 1.54) is 23.3 Å². The molecule has 134 valence electrons. The fraction of sp³-hybridized carbons (Fsp3) is 0.0625. The van der Waals surface area contributed by atoms with Crippen molar-refractivity contribution in [3.8, 4) is 28.6 Å². The topological polar surface area (TPSA) is 95.2 Å². The molecule has 0 fully saturated rings. The highest BCUT2D eigenvalue weighted by molar-refractivity contribution is 5.62. The number of benzene rings is 1. The lowest BCUT2D eigenvalue weighted by molar-refractivity contribution is -0.140. The largest absolute Gasteiger partial charge is 0.434 e. The Hall–Kier alpha value is -3.76. The molecular weight excluding hydrogens is 361 g/mol. The molecule has 11 heteroatoms. The van der Waals surface area contributed by atoms with Crippen molar-refractivity contribution in [3.05, 3.63) is 60.8 Å². The van der Waals surface area contributed by atoms with Gasteiger partial charge >= 0.3 is 6.18 Å². The van der Waals surface area contributed by atoms with Crippen LogP contribution in [-0.2, 0) is 6.18 Å². The van der Waals surface area contributed by atoms with Gasteiger partial charge in [0.2, 0.25) is 0 Å². The molecule has 27 heavy (non-hydrogen) atoms. The van der Waals surface area contributed by atoms with Crippen LogP contribution in [0, 0.1) is 0 Å². The van der Waals surface area contributed by atoms with E-state index >= 15 is 0 Å². The van der Waals surface area contributed by atoms with Gasteiger partial charge in [-0.2, -0.15) is 17.9 Å². The normalized spacial score (nSPS) is 11.5. The van der Waals surface area contributed by atoms with Crippen molar-refractivity contribution in [3.63, 3.8) is 0 Å². The lowest BCUT2D eigenvalue weighted by atomic mass is 10.2. The molecule has 8 nitrogen and oxygen atoms in total. The third-order valence-corrected chi connectivity index (χ3v) is 3.56. The van der Waals surface area contributed by atoms with Crippen molar-refractivity contribution in [2.75, 3.05) is 0 Å². The van der Waals surface area contributed by atoms with Gasteiger partial charge in [-0.3, -0.25) is 4.98 Å². The Labute approximate surface area is 149 Å². The summed E-state index contributed by atoms with van der Waals surface area (Å²) in [4.78, 5) is 15.4. The van der Waals surface area contributed by atoms with Gasteiger partial charge in [0.05, 0.1) is 17.4 Å². The van der Waals surface area contributed by atoms with E-state index in [2.05, 4.69) is 35.5 Å². The van der Waals surface area contributed by atoms with Crippen LogP contribution in [0.4, 0.5) is 13.2 Å². The molecule has 3 aromatic heterocycles. The average molecular weight is 370 g/mol. The van der Waals surface area contributed by atoms with Crippen LogP contribution in [0.1, 0.15) is 5.69 Å². The van der Waals surface area contributed by atoms with Gasteiger partial charge in [0, 0.05) is 18.6 Å². The number of alkyl halides is 3. The van der Waals surface area contributed by atoms with Gasteiger partial charge in [-0.15, -0.1) is 5.10 Å². The molecule has 0 atom stereocenters. The van der Waals surface area contributed by atoms with Crippen molar-refractivity contribution in [2.24, 2.45) is 0 Å². The number of tetrazole rings is 1. The molecule has 0 aliphatic carbocycles. The standard InChI is InChI=1S/C16H9F3N8/c17-16(18,19)13-11(8-22-14(23-13)12-9-20-6-7-21-12)15-24-25-26-27(15)10-4-2-1-3-5-10/h1-9H. The Bertz CT molecular complexity index is 1060. The quantitative estimate of drug-likeness (QED) is 0.547.